The Morgan fingerprint density at radius 2 is 2.28 bits per heavy atom. The first-order chi connectivity index (χ1) is 8.83. The normalized spacial score (nSPS) is 13.6. The van der Waals surface area contributed by atoms with E-state index in [4.69, 9.17) is 5.11 Å². The van der Waals surface area contributed by atoms with Crippen molar-refractivity contribution in [3.8, 4) is 0 Å². The molecule has 0 radical (unpaired) electrons. The van der Waals surface area contributed by atoms with Gasteiger partial charge in [-0.15, -0.1) is 0 Å². The lowest BCUT2D eigenvalue weighted by Gasteiger charge is -2.20. The number of nitrogens with one attached hydrogen (secondary N) is 2. The zero-order valence-electron chi connectivity index (χ0n) is 10.5. The largest absolute Gasteiger partial charge is 0.396 e. The Morgan fingerprint density at radius 1 is 1.39 bits per heavy atom. The fourth-order valence-electron chi connectivity index (χ4n) is 2.26. The summed E-state index contributed by atoms with van der Waals surface area (Å²) < 4.78 is 0. The van der Waals surface area contributed by atoms with Crippen LogP contribution in [0.3, 0.4) is 0 Å². The number of fused-ring (bicyclic) bond motifs is 1. The number of hydrogen-bond donors (Lipinski definition) is 3. The van der Waals surface area contributed by atoms with Crippen LogP contribution in [-0.2, 0) is 6.42 Å². The molecule has 0 saturated heterocycles. The maximum absolute atomic E-state index is 12.1. The van der Waals surface area contributed by atoms with Crippen LogP contribution in [0.5, 0.6) is 0 Å². The van der Waals surface area contributed by atoms with Gasteiger partial charge >= 0.3 is 0 Å². The monoisotopic (exact) mass is 248 g/mol. The summed E-state index contributed by atoms with van der Waals surface area (Å²) in [6.07, 6.45) is 3.58. The van der Waals surface area contributed by atoms with Gasteiger partial charge in [0.15, 0.2) is 0 Å². The number of amides is 1. The SMILES string of the molecule is O=C(NCCCCO)c1cccc2c1CCCN2. The number of carbonyl (C=O) groups excluding carboxylic acids is 1. The summed E-state index contributed by atoms with van der Waals surface area (Å²) in [6.45, 7) is 1.78. The molecule has 4 heteroatoms. The van der Waals surface area contributed by atoms with Crippen molar-refractivity contribution in [3.63, 3.8) is 0 Å². The number of benzene rings is 1. The molecular weight excluding hydrogens is 228 g/mol. The van der Waals surface area contributed by atoms with Crippen molar-refractivity contribution >= 4 is 11.6 Å². The predicted octanol–water partition coefficient (Wildman–Crippen LogP) is 1.55. The Balaban J connectivity index is 2.01. The molecule has 3 N–H and O–H groups in total. The van der Waals surface area contributed by atoms with E-state index in [-0.39, 0.29) is 12.5 Å². The number of aliphatic hydroxyl groups is 1. The molecule has 0 spiro atoms. The molecule has 1 heterocycles. The van der Waals surface area contributed by atoms with Gasteiger partial charge in [-0.1, -0.05) is 6.07 Å². The van der Waals surface area contributed by atoms with E-state index >= 15 is 0 Å². The fraction of sp³-hybridized carbons (Fsp3) is 0.500. The van der Waals surface area contributed by atoms with Crippen LogP contribution < -0.4 is 10.6 Å². The van der Waals surface area contributed by atoms with Crippen molar-refractivity contribution in [2.45, 2.75) is 25.7 Å². The van der Waals surface area contributed by atoms with Crippen LogP contribution in [0.2, 0.25) is 0 Å². The molecule has 1 aromatic rings. The molecule has 0 unspecified atom stereocenters. The highest BCUT2D eigenvalue weighted by Gasteiger charge is 2.16. The third-order valence-corrected chi connectivity index (χ3v) is 3.21. The number of hydrogen-bond acceptors (Lipinski definition) is 3. The first-order valence-electron chi connectivity index (χ1n) is 6.58. The lowest BCUT2D eigenvalue weighted by molar-refractivity contribution is 0.0951. The molecule has 98 valence electrons. The second-order valence-corrected chi connectivity index (χ2v) is 4.55. The van der Waals surface area contributed by atoms with Gasteiger partial charge in [0.25, 0.3) is 5.91 Å². The van der Waals surface area contributed by atoms with Crippen LogP contribution in [0.1, 0.15) is 35.2 Å². The first-order valence-corrected chi connectivity index (χ1v) is 6.58. The van der Waals surface area contributed by atoms with Gasteiger partial charge in [0, 0.05) is 30.9 Å². The zero-order chi connectivity index (χ0) is 12.8. The van der Waals surface area contributed by atoms with Crippen LogP contribution in [0.4, 0.5) is 5.69 Å². The minimum Gasteiger partial charge on any atom is -0.396 e. The molecule has 0 aliphatic carbocycles. The first kappa shape index (κ1) is 12.9. The Hall–Kier alpha value is -1.55. The molecule has 0 aromatic heterocycles. The maximum atomic E-state index is 12.1. The number of rotatable bonds is 5. The molecule has 1 aromatic carbocycles. The molecule has 0 bridgehead atoms. The van der Waals surface area contributed by atoms with Crippen molar-refractivity contribution in [1.29, 1.82) is 0 Å². The maximum Gasteiger partial charge on any atom is 0.251 e. The van der Waals surface area contributed by atoms with Crippen molar-refractivity contribution < 1.29 is 9.90 Å². The van der Waals surface area contributed by atoms with Gasteiger partial charge < -0.3 is 15.7 Å². The van der Waals surface area contributed by atoms with Gasteiger partial charge in [0.1, 0.15) is 0 Å². The quantitative estimate of drug-likeness (QED) is 0.693. The highest BCUT2D eigenvalue weighted by Crippen LogP contribution is 2.25. The number of anilines is 1. The number of carbonyl (C=O) groups is 1. The Morgan fingerprint density at radius 3 is 3.11 bits per heavy atom. The highest BCUT2D eigenvalue weighted by atomic mass is 16.2. The van der Waals surface area contributed by atoms with Crippen molar-refractivity contribution in [2.75, 3.05) is 25.0 Å². The van der Waals surface area contributed by atoms with Crippen molar-refractivity contribution in [1.82, 2.24) is 5.32 Å². The predicted molar refractivity (Wildman–Crippen MR) is 71.9 cm³/mol. The average molecular weight is 248 g/mol. The van der Waals surface area contributed by atoms with E-state index in [1.807, 2.05) is 18.2 Å². The van der Waals surface area contributed by atoms with E-state index in [9.17, 15) is 4.79 Å². The van der Waals surface area contributed by atoms with E-state index < -0.39 is 0 Å². The second-order valence-electron chi connectivity index (χ2n) is 4.55. The van der Waals surface area contributed by atoms with Crippen LogP contribution in [0.15, 0.2) is 18.2 Å². The van der Waals surface area contributed by atoms with Gasteiger partial charge in [0.05, 0.1) is 0 Å². The third kappa shape index (κ3) is 3.01. The van der Waals surface area contributed by atoms with Crippen LogP contribution in [0.25, 0.3) is 0 Å². The molecule has 2 rings (SSSR count). The smallest absolute Gasteiger partial charge is 0.251 e. The van der Waals surface area contributed by atoms with E-state index in [1.165, 1.54) is 0 Å². The summed E-state index contributed by atoms with van der Waals surface area (Å²) in [5.41, 5.74) is 3.00. The standard InChI is InChI=1S/C14H20N2O2/c17-10-2-1-8-16-14(18)12-5-3-7-13-11(12)6-4-9-15-13/h3,5,7,15,17H,1-2,4,6,8-10H2,(H,16,18). The molecule has 0 saturated carbocycles. The molecular formula is C14H20N2O2. The lowest BCUT2D eigenvalue weighted by Crippen LogP contribution is -2.27. The Bertz CT molecular complexity index is 418. The van der Waals surface area contributed by atoms with Gasteiger partial charge in [0.2, 0.25) is 0 Å². The molecule has 0 atom stereocenters. The number of unbranched alkanes of at least 4 members (excludes halogenated alkanes) is 1. The van der Waals surface area contributed by atoms with Crippen LogP contribution >= 0.6 is 0 Å². The molecule has 1 amide bonds. The average Bonchev–Trinajstić information content (AvgIpc) is 2.43. The topological polar surface area (TPSA) is 61.4 Å². The zero-order valence-corrected chi connectivity index (χ0v) is 10.5. The molecule has 18 heavy (non-hydrogen) atoms. The summed E-state index contributed by atoms with van der Waals surface area (Å²) in [4.78, 5) is 12.1. The molecule has 1 aliphatic heterocycles. The van der Waals surface area contributed by atoms with E-state index in [2.05, 4.69) is 10.6 Å². The van der Waals surface area contributed by atoms with Gasteiger partial charge in [-0.25, -0.2) is 0 Å². The van der Waals surface area contributed by atoms with Gasteiger partial charge in [-0.3, -0.25) is 4.79 Å². The number of aliphatic hydroxyl groups excluding tert-OH is 1. The summed E-state index contributed by atoms with van der Waals surface area (Å²) in [5, 5.41) is 14.9. The minimum absolute atomic E-state index is 0.00603. The Kier molecular flexibility index (Phi) is 4.59. The summed E-state index contributed by atoms with van der Waals surface area (Å²) in [7, 11) is 0. The minimum atomic E-state index is -0.00603. The summed E-state index contributed by atoms with van der Waals surface area (Å²) >= 11 is 0. The van der Waals surface area contributed by atoms with Crippen LogP contribution in [-0.4, -0.2) is 30.7 Å². The summed E-state index contributed by atoms with van der Waals surface area (Å²) in [5.74, 6) is -0.00603. The van der Waals surface area contributed by atoms with E-state index in [0.29, 0.717) is 6.54 Å². The van der Waals surface area contributed by atoms with Crippen LogP contribution in [0, 0.1) is 0 Å². The van der Waals surface area contributed by atoms with Gasteiger partial charge in [-0.2, -0.15) is 0 Å². The van der Waals surface area contributed by atoms with Gasteiger partial charge in [-0.05, 0) is 43.4 Å². The second kappa shape index (κ2) is 6.40. The van der Waals surface area contributed by atoms with Crippen molar-refractivity contribution in [3.05, 3.63) is 29.3 Å². The summed E-state index contributed by atoms with van der Waals surface area (Å²) in [6, 6.07) is 5.82. The van der Waals surface area contributed by atoms with E-state index in [0.717, 1.165) is 49.0 Å². The Labute approximate surface area is 107 Å². The molecule has 0 fully saturated rings. The fourth-order valence-corrected chi connectivity index (χ4v) is 2.26. The molecule has 4 nitrogen and oxygen atoms in total. The van der Waals surface area contributed by atoms with E-state index in [1.54, 1.807) is 0 Å². The third-order valence-electron chi connectivity index (χ3n) is 3.21. The van der Waals surface area contributed by atoms with Crippen molar-refractivity contribution in [2.24, 2.45) is 0 Å². The molecule has 1 aliphatic rings. The highest BCUT2D eigenvalue weighted by molar-refractivity contribution is 5.97. The lowest BCUT2D eigenvalue weighted by atomic mass is 9.97.